The Labute approximate surface area is 171 Å². The van der Waals surface area contributed by atoms with E-state index in [1.807, 2.05) is 0 Å². The van der Waals surface area contributed by atoms with Crippen molar-refractivity contribution >= 4 is 46.0 Å². The predicted molar refractivity (Wildman–Crippen MR) is 110 cm³/mol. The summed E-state index contributed by atoms with van der Waals surface area (Å²) in [5.41, 5.74) is 0.660. The molecule has 0 bridgehead atoms. The zero-order valence-corrected chi connectivity index (χ0v) is 17.6. The third kappa shape index (κ3) is 4.10. The lowest BCUT2D eigenvalue weighted by molar-refractivity contribution is -0.121. The molecule has 0 saturated heterocycles. The van der Waals surface area contributed by atoms with Gasteiger partial charge in [0.05, 0.1) is 11.1 Å². The molecule has 0 saturated carbocycles. The number of aromatic nitrogens is 2. The van der Waals surface area contributed by atoms with Crippen molar-refractivity contribution < 1.29 is 14.4 Å². The standard InChI is InChI=1S/C19H22N4O3S2/c1-4-5-10-27-19-22-21-18(28-19)20-15(24)14(11(2)3)23-16(25)12-8-6-7-9-13(12)17(23)26/h6-9,11,14H,4-5,10H2,1-3H3,(H,20,21,24). The molecular weight excluding hydrogens is 396 g/mol. The lowest BCUT2D eigenvalue weighted by Gasteiger charge is -2.27. The summed E-state index contributed by atoms with van der Waals surface area (Å²) >= 11 is 2.89. The third-order valence-electron chi connectivity index (χ3n) is 4.36. The number of rotatable bonds is 8. The number of thioether (sulfide) groups is 1. The number of nitrogens with one attached hydrogen (secondary N) is 1. The smallest absolute Gasteiger partial charge is 0.262 e. The average molecular weight is 419 g/mol. The van der Waals surface area contributed by atoms with Crippen molar-refractivity contribution in [3.63, 3.8) is 0 Å². The van der Waals surface area contributed by atoms with Crippen LogP contribution < -0.4 is 5.32 Å². The Hall–Kier alpha value is -2.26. The van der Waals surface area contributed by atoms with Gasteiger partial charge in [-0.2, -0.15) is 0 Å². The van der Waals surface area contributed by atoms with Crippen molar-refractivity contribution in [2.45, 2.75) is 44.0 Å². The molecule has 0 radical (unpaired) electrons. The Kier molecular flexibility index (Phi) is 6.46. The number of benzene rings is 1. The summed E-state index contributed by atoms with van der Waals surface area (Å²) in [7, 11) is 0. The fraction of sp³-hybridized carbons (Fsp3) is 0.421. The van der Waals surface area contributed by atoms with Gasteiger partial charge in [-0.3, -0.25) is 24.6 Å². The minimum atomic E-state index is -0.924. The van der Waals surface area contributed by atoms with E-state index in [4.69, 9.17) is 0 Å². The summed E-state index contributed by atoms with van der Waals surface area (Å²) in [6.45, 7) is 5.73. The number of nitrogens with zero attached hydrogens (tertiary/aromatic N) is 3. The van der Waals surface area contributed by atoms with Crippen molar-refractivity contribution in [3.05, 3.63) is 35.4 Å². The molecule has 1 N–H and O–H groups in total. The molecule has 1 aliphatic rings. The SMILES string of the molecule is CCCCSc1nnc(NC(=O)C(C(C)C)N2C(=O)c3ccccc3C2=O)s1. The van der Waals surface area contributed by atoms with Gasteiger partial charge in [0.1, 0.15) is 6.04 Å². The molecule has 1 aromatic heterocycles. The number of hydrogen-bond donors (Lipinski definition) is 1. The first-order valence-electron chi connectivity index (χ1n) is 9.18. The largest absolute Gasteiger partial charge is 0.299 e. The van der Waals surface area contributed by atoms with Crippen LogP contribution in [0, 0.1) is 5.92 Å². The normalized spacial score (nSPS) is 14.5. The first-order valence-corrected chi connectivity index (χ1v) is 11.0. The molecular formula is C19H22N4O3S2. The minimum absolute atomic E-state index is 0.256. The average Bonchev–Trinajstić information content (AvgIpc) is 3.20. The van der Waals surface area contributed by atoms with Crippen LogP contribution in [-0.2, 0) is 4.79 Å². The number of imide groups is 1. The highest BCUT2D eigenvalue weighted by Gasteiger charge is 2.44. The zero-order chi connectivity index (χ0) is 20.3. The van der Waals surface area contributed by atoms with E-state index in [-0.39, 0.29) is 5.92 Å². The topological polar surface area (TPSA) is 92.3 Å². The van der Waals surface area contributed by atoms with Gasteiger partial charge in [0.25, 0.3) is 11.8 Å². The Morgan fingerprint density at radius 3 is 2.39 bits per heavy atom. The molecule has 9 heteroatoms. The minimum Gasteiger partial charge on any atom is -0.299 e. The maximum Gasteiger partial charge on any atom is 0.262 e. The van der Waals surface area contributed by atoms with Crippen LogP contribution in [0.4, 0.5) is 5.13 Å². The lowest BCUT2D eigenvalue weighted by atomic mass is 10.0. The molecule has 28 heavy (non-hydrogen) atoms. The van der Waals surface area contributed by atoms with Crippen LogP contribution >= 0.6 is 23.1 Å². The van der Waals surface area contributed by atoms with Gasteiger partial charge < -0.3 is 0 Å². The number of unbranched alkanes of at least 4 members (excludes halogenated alkanes) is 1. The van der Waals surface area contributed by atoms with Crippen LogP contribution in [0.3, 0.4) is 0 Å². The summed E-state index contributed by atoms with van der Waals surface area (Å²) in [4.78, 5) is 39.5. The molecule has 1 unspecified atom stereocenters. The van der Waals surface area contributed by atoms with Gasteiger partial charge in [-0.15, -0.1) is 10.2 Å². The molecule has 1 aliphatic heterocycles. The van der Waals surface area contributed by atoms with E-state index in [1.165, 1.54) is 11.3 Å². The van der Waals surface area contributed by atoms with E-state index < -0.39 is 23.8 Å². The Morgan fingerprint density at radius 1 is 1.18 bits per heavy atom. The molecule has 3 amide bonds. The zero-order valence-electron chi connectivity index (χ0n) is 16.0. The first kappa shape index (κ1) is 20.5. The van der Waals surface area contributed by atoms with E-state index >= 15 is 0 Å². The highest BCUT2D eigenvalue weighted by atomic mass is 32.2. The second-order valence-corrected chi connectivity index (χ2v) is 9.10. The fourth-order valence-corrected chi connectivity index (χ4v) is 4.89. The van der Waals surface area contributed by atoms with Crippen LogP contribution in [0.5, 0.6) is 0 Å². The Morgan fingerprint density at radius 2 is 1.82 bits per heavy atom. The van der Waals surface area contributed by atoms with Crippen LogP contribution in [0.15, 0.2) is 28.6 Å². The highest BCUT2D eigenvalue weighted by molar-refractivity contribution is 8.01. The molecule has 0 fully saturated rings. The fourth-order valence-electron chi connectivity index (χ4n) is 2.98. The van der Waals surface area contributed by atoms with Crippen LogP contribution in [-0.4, -0.2) is 44.6 Å². The second-order valence-electron chi connectivity index (χ2n) is 6.78. The number of carbonyl (C=O) groups excluding carboxylic acids is 3. The van der Waals surface area contributed by atoms with Crippen molar-refractivity contribution in [1.82, 2.24) is 15.1 Å². The molecule has 1 aromatic carbocycles. The van der Waals surface area contributed by atoms with Crippen LogP contribution in [0.2, 0.25) is 0 Å². The molecule has 0 spiro atoms. The Bertz CT molecular complexity index is 862. The maximum atomic E-state index is 12.9. The third-order valence-corrected chi connectivity index (χ3v) is 6.42. The van der Waals surface area contributed by atoms with Crippen molar-refractivity contribution in [2.75, 3.05) is 11.1 Å². The predicted octanol–water partition coefficient (Wildman–Crippen LogP) is 3.69. The number of amides is 3. The monoisotopic (exact) mass is 418 g/mol. The summed E-state index contributed by atoms with van der Waals surface area (Å²) in [5, 5.41) is 11.2. The van der Waals surface area contributed by atoms with Gasteiger partial charge in [-0.05, 0) is 24.5 Å². The van der Waals surface area contributed by atoms with E-state index in [9.17, 15) is 14.4 Å². The molecule has 3 rings (SSSR count). The van der Waals surface area contributed by atoms with E-state index in [2.05, 4.69) is 22.4 Å². The van der Waals surface area contributed by atoms with Gasteiger partial charge >= 0.3 is 0 Å². The first-order chi connectivity index (χ1) is 13.4. The summed E-state index contributed by atoms with van der Waals surface area (Å²) in [5.74, 6) is -0.632. The molecule has 7 nitrogen and oxygen atoms in total. The van der Waals surface area contributed by atoms with E-state index in [1.54, 1.807) is 49.9 Å². The van der Waals surface area contributed by atoms with E-state index in [0.29, 0.717) is 16.3 Å². The maximum absolute atomic E-state index is 12.9. The number of hydrogen-bond acceptors (Lipinski definition) is 7. The summed E-state index contributed by atoms with van der Waals surface area (Å²) in [6, 6.07) is 5.70. The van der Waals surface area contributed by atoms with Gasteiger partial charge in [-0.25, -0.2) is 0 Å². The van der Waals surface area contributed by atoms with Crippen molar-refractivity contribution in [1.29, 1.82) is 0 Å². The lowest BCUT2D eigenvalue weighted by Crippen LogP contribution is -2.50. The van der Waals surface area contributed by atoms with Gasteiger partial charge in [0, 0.05) is 5.75 Å². The van der Waals surface area contributed by atoms with Crippen LogP contribution in [0.25, 0.3) is 0 Å². The molecule has 0 aliphatic carbocycles. The van der Waals surface area contributed by atoms with Crippen molar-refractivity contribution in [2.24, 2.45) is 5.92 Å². The molecule has 1 atom stereocenters. The van der Waals surface area contributed by atoms with Crippen molar-refractivity contribution in [3.8, 4) is 0 Å². The molecule has 2 aromatic rings. The summed E-state index contributed by atoms with van der Waals surface area (Å²) < 4.78 is 0.783. The van der Waals surface area contributed by atoms with E-state index in [0.717, 1.165) is 27.8 Å². The number of fused-ring (bicyclic) bond motifs is 1. The van der Waals surface area contributed by atoms with Gasteiger partial charge in [0.2, 0.25) is 11.0 Å². The number of carbonyl (C=O) groups is 3. The van der Waals surface area contributed by atoms with Gasteiger partial charge in [-0.1, -0.05) is 62.4 Å². The number of anilines is 1. The Balaban J connectivity index is 1.75. The summed E-state index contributed by atoms with van der Waals surface area (Å²) in [6.07, 6.45) is 2.19. The molecule has 2 heterocycles. The molecule has 148 valence electrons. The second kappa shape index (κ2) is 8.83. The van der Waals surface area contributed by atoms with Gasteiger partial charge in [0.15, 0.2) is 4.34 Å². The highest BCUT2D eigenvalue weighted by Crippen LogP contribution is 2.29. The quantitative estimate of drug-likeness (QED) is 0.304. The van der Waals surface area contributed by atoms with Crippen LogP contribution in [0.1, 0.15) is 54.3 Å².